The molecule has 0 saturated heterocycles. The quantitative estimate of drug-likeness (QED) is 0.322. The summed E-state index contributed by atoms with van der Waals surface area (Å²) in [7, 11) is 2.14. The Morgan fingerprint density at radius 2 is 1.38 bits per heavy atom. The van der Waals surface area contributed by atoms with Gasteiger partial charge in [-0.25, -0.2) is 4.57 Å². The van der Waals surface area contributed by atoms with Crippen LogP contribution in [0.15, 0.2) is 85.1 Å². The van der Waals surface area contributed by atoms with Gasteiger partial charge in [0.15, 0.2) is 0 Å². The van der Waals surface area contributed by atoms with Gasteiger partial charge >= 0.3 is 6.98 Å². The Labute approximate surface area is 190 Å². The minimum Gasteiger partial charge on any atom is -0.336 e. The van der Waals surface area contributed by atoms with Gasteiger partial charge in [0.25, 0.3) is 5.82 Å². The third-order valence-corrected chi connectivity index (χ3v) is 7.07. The second-order valence-electron chi connectivity index (χ2n) is 9.00. The summed E-state index contributed by atoms with van der Waals surface area (Å²) in [4.78, 5) is 5.13. The Morgan fingerprint density at radius 3 is 2.25 bits per heavy atom. The minimum absolute atomic E-state index is 0.0670. The molecule has 3 nitrogen and oxygen atoms in total. The highest BCUT2D eigenvalue weighted by atomic mass is 15.3. The predicted molar refractivity (Wildman–Crippen MR) is 133 cm³/mol. The van der Waals surface area contributed by atoms with Crippen molar-refractivity contribution in [1.29, 1.82) is 0 Å². The lowest BCUT2D eigenvalue weighted by Crippen LogP contribution is -2.58. The van der Waals surface area contributed by atoms with Crippen molar-refractivity contribution in [1.82, 2.24) is 0 Å². The number of para-hydroxylation sites is 2. The highest BCUT2D eigenvalue weighted by molar-refractivity contribution is 6.85. The molecular weight excluding hydrogens is 389 g/mol. The van der Waals surface area contributed by atoms with Crippen LogP contribution < -0.4 is 19.7 Å². The van der Waals surface area contributed by atoms with Crippen LogP contribution in [0, 0.1) is 13.8 Å². The molecule has 0 spiro atoms. The van der Waals surface area contributed by atoms with Crippen LogP contribution in [-0.4, -0.2) is 6.98 Å². The van der Waals surface area contributed by atoms with Crippen LogP contribution >= 0.6 is 0 Å². The molecule has 0 N–H and O–H groups in total. The zero-order valence-corrected chi connectivity index (χ0v) is 18.9. The normalized spacial score (nSPS) is 14.3. The summed E-state index contributed by atoms with van der Waals surface area (Å²) in [6.45, 7) is 4.57. The van der Waals surface area contributed by atoms with Crippen LogP contribution in [0.2, 0.25) is 0 Å². The van der Waals surface area contributed by atoms with Gasteiger partial charge in [-0.15, -0.1) is 0 Å². The van der Waals surface area contributed by atoms with Crippen molar-refractivity contribution in [2.24, 2.45) is 7.05 Å². The average Bonchev–Trinajstić information content (AvgIpc) is 3.12. The number of aromatic nitrogens is 1. The Balaban J connectivity index is 1.73. The number of rotatable bonds is 1. The lowest BCUT2D eigenvalue weighted by Gasteiger charge is -2.31. The van der Waals surface area contributed by atoms with Crippen LogP contribution in [-0.2, 0) is 19.9 Å². The van der Waals surface area contributed by atoms with Gasteiger partial charge in [0.2, 0.25) is 0 Å². The number of nitrogens with zero attached hydrogens (tertiary/aromatic N) is 3. The molecule has 3 aromatic carbocycles. The first kappa shape index (κ1) is 19.2. The summed E-state index contributed by atoms with van der Waals surface area (Å²) in [5.74, 6) is 1.20. The molecule has 2 aliphatic rings. The molecule has 0 fully saturated rings. The summed E-state index contributed by atoms with van der Waals surface area (Å²) in [6, 6.07) is 29.0. The molecule has 0 aliphatic carbocycles. The van der Waals surface area contributed by atoms with Gasteiger partial charge in [-0.05, 0) is 67.1 Å². The molecule has 0 saturated carbocycles. The molecule has 6 rings (SSSR count). The first-order valence-corrected chi connectivity index (χ1v) is 11.4. The van der Waals surface area contributed by atoms with Crippen LogP contribution in [0.4, 0.5) is 22.9 Å². The molecule has 2 aliphatic heterocycles. The van der Waals surface area contributed by atoms with E-state index in [1.165, 1.54) is 50.6 Å². The first-order chi connectivity index (χ1) is 15.6. The molecule has 0 unspecified atom stereocenters. The average molecular weight is 416 g/mol. The molecule has 3 heterocycles. The van der Waals surface area contributed by atoms with E-state index in [1.807, 2.05) is 0 Å². The second kappa shape index (κ2) is 7.27. The summed E-state index contributed by atoms with van der Waals surface area (Å²) < 4.78 is 2.24. The van der Waals surface area contributed by atoms with Crippen molar-refractivity contribution in [2.45, 2.75) is 26.7 Å². The maximum absolute atomic E-state index is 2.58. The number of benzene rings is 3. The standard InChI is InChI=1S/C28H27BN3/c1-20-10-8-13-23-18-17-22-12-4-5-14-24(22)31-25-15-9-11-21(2)28(25)32(29(31)27(20)23)26-16-6-7-19-30(26)3/h4-16,19H,17-18H2,1-3H3/q+1. The summed E-state index contributed by atoms with van der Waals surface area (Å²) in [5, 5.41) is 0. The Kier molecular flexibility index (Phi) is 4.36. The molecule has 1 aromatic heterocycles. The van der Waals surface area contributed by atoms with E-state index in [-0.39, 0.29) is 6.98 Å². The molecule has 4 heteroatoms. The van der Waals surface area contributed by atoms with Gasteiger partial charge in [-0.1, -0.05) is 54.6 Å². The third kappa shape index (κ3) is 2.72. The molecule has 0 radical (unpaired) electrons. The zero-order chi connectivity index (χ0) is 21.8. The van der Waals surface area contributed by atoms with Crippen molar-refractivity contribution >= 4 is 35.3 Å². The van der Waals surface area contributed by atoms with Crippen molar-refractivity contribution in [3.05, 3.63) is 107 Å². The van der Waals surface area contributed by atoms with Crippen molar-refractivity contribution < 1.29 is 4.57 Å². The second-order valence-corrected chi connectivity index (χ2v) is 9.00. The van der Waals surface area contributed by atoms with E-state index in [9.17, 15) is 0 Å². The third-order valence-electron chi connectivity index (χ3n) is 7.07. The Hall–Kier alpha value is -3.53. The molecule has 0 atom stereocenters. The fourth-order valence-electron chi connectivity index (χ4n) is 5.60. The van der Waals surface area contributed by atoms with Gasteiger partial charge in [0.05, 0.1) is 18.9 Å². The van der Waals surface area contributed by atoms with Crippen molar-refractivity contribution in [3.8, 4) is 0 Å². The lowest BCUT2D eigenvalue weighted by atomic mass is 9.60. The van der Waals surface area contributed by atoms with Gasteiger partial charge < -0.3 is 4.81 Å². The van der Waals surface area contributed by atoms with E-state index in [1.54, 1.807) is 0 Å². The van der Waals surface area contributed by atoms with Gasteiger partial charge in [0, 0.05) is 17.2 Å². The lowest BCUT2D eigenvalue weighted by molar-refractivity contribution is -0.658. The number of hydrogen-bond donors (Lipinski definition) is 0. The van der Waals surface area contributed by atoms with Gasteiger partial charge in [-0.2, -0.15) is 0 Å². The van der Waals surface area contributed by atoms with Crippen LogP contribution in [0.5, 0.6) is 0 Å². The van der Waals surface area contributed by atoms with Crippen LogP contribution in [0.1, 0.15) is 22.3 Å². The number of aryl methyl sites for hydroxylation is 5. The van der Waals surface area contributed by atoms with Crippen LogP contribution in [0.3, 0.4) is 0 Å². The molecule has 0 bridgehead atoms. The minimum atomic E-state index is 0.0670. The number of fused-ring (bicyclic) bond motifs is 7. The van der Waals surface area contributed by atoms with E-state index < -0.39 is 0 Å². The van der Waals surface area contributed by atoms with Crippen molar-refractivity contribution in [3.63, 3.8) is 0 Å². The van der Waals surface area contributed by atoms with E-state index in [0.29, 0.717) is 0 Å². The molecule has 4 aromatic rings. The SMILES string of the molecule is Cc1cccc2c1B1N(c3ccccc3CC2)c2cccc(C)c2N1c1cccc[n+]1C. The number of pyridine rings is 1. The molecule has 0 amide bonds. The maximum atomic E-state index is 2.58. The topological polar surface area (TPSA) is 10.4 Å². The zero-order valence-electron chi connectivity index (χ0n) is 18.9. The van der Waals surface area contributed by atoms with Gasteiger partial charge in [0.1, 0.15) is 5.69 Å². The van der Waals surface area contributed by atoms with Gasteiger partial charge in [-0.3, -0.25) is 4.81 Å². The first-order valence-electron chi connectivity index (χ1n) is 11.4. The highest BCUT2D eigenvalue weighted by Crippen LogP contribution is 2.48. The highest BCUT2D eigenvalue weighted by Gasteiger charge is 2.53. The number of hydrogen-bond acceptors (Lipinski definition) is 2. The number of anilines is 4. The van der Waals surface area contributed by atoms with E-state index >= 15 is 0 Å². The molecule has 32 heavy (non-hydrogen) atoms. The molecule has 156 valence electrons. The summed E-state index contributed by atoms with van der Waals surface area (Å²) >= 11 is 0. The molecular formula is C28H27BN3+. The maximum Gasteiger partial charge on any atom is 0.543 e. The fraction of sp³-hybridized carbons (Fsp3) is 0.179. The smallest absolute Gasteiger partial charge is 0.336 e. The van der Waals surface area contributed by atoms with Crippen LogP contribution in [0.25, 0.3) is 0 Å². The summed E-state index contributed by atoms with van der Waals surface area (Å²) in [5.41, 5.74) is 10.8. The van der Waals surface area contributed by atoms with E-state index in [4.69, 9.17) is 0 Å². The fourth-order valence-corrected chi connectivity index (χ4v) is 5.60. The Morgan fingerprint density at radius 1 is 0.688 bits per heavy atom. The monoisotopic (exact) mass is 416 g/mol. The predicted octanol–water partition coefficient (Wildman–Crippen LogP) is 4.91. The Bertz CT molecular complexity index is 1350. The van der Waals surface area contributed by atoms with E-state index in [0.717, 1.165) is 12.8 Å². The van der Waals surface area contributed by atoms with E-state index in [2.05, 4.69) is 120 Å². The van der Waals surface area contributed by atoms with Crippen molar-refractivity contribution in [2.75, 3.05) is 9.62 Å². The summed E-state index contributed by atoms with van der Waals surface area (Å²) in [6.07, 6.45) is 4.25. The largest absolute Gasteiger partial charge is 0.543 e.